The zero-order chi connectivity index (χ0) is 18.1. The van der Waals surface area contributed by atoms with Crippen molar-refractivity contribution in [3.8, 4) is 11.4 Å². The molecule has 0 aromatic carbocycles. The summed E-state index contributed by atoms with van der Waals surface area (Å²) in [6.07, 6.45) is 5.53. The summed E-state index contributed by atoms with van der Waals surface area (Å²) in [5, 5.41) is 17.9. The van der Waals surface area contributed by atoms with Gasteiger partial charge in [-0.3, -0.25) is 5.41 Å². The number of hydrogen-bond donors (Lipinski definition) is 2. The highest BCUT2D eigenvalue weighted by Crippen LogP contribution is 2.47. The maximum absolute atomic E-state index is 8.22. The maximum Gasteiger partial charge on any atom is 0.164 e. The number of hydrogen-bond acceptors (Lipinski definition) is 7. The molecule has 5 rings (SSSR count). The van der Waals surface area contributed by atoms with Gasteiger partial charge >= 0.3 is 0 Å². The lowest BCUT2D eigenvalue weighted by Crippen LogP contribution is -2.14. The summed E-state index contributed by atoms with van der Waals surface area (Å²) in [4.78, 5) is 12.3. The zero-order valence-electron chi connectivity index (χ0n) is 14.4. The number of aliphatic imine (C=N–C) groups is 1. The van der Waals surface area contributed by atoms with Gasteiger partial charge in [-0.2, -0.15) is 5.10 Å². The molecule has 2 aliphatic rings. The number of amidine groups is 1. The number of nitrogens with one attached hydrogen (secondary N) is 1. The van der Waals surface area contributed by atoms with E-state index in [4.69, 9.17) is 20.8 Å². The van der Waals surface area contributed by atoms with Gasteiger partial charge in [0.25, 0.3) is 0 Å². The van der Waals surface area contributed by atoms with Gasteiger partial charge in [-0.15, -0.1) is 0 Å². The van der Waals surface area contributed by atoms with Crippen LogP contribution < -0.4 is 5.73 Å². The fraction of sp³-hybridized carbons (Fsp3) is 0.412. The van der Waals surface area contributed by atoms with E-state index in [0.29, 0.717) is 39.6 Å². The largest absolute Gasteiger partial charge is 0.383 e. The van der Waals surface area contributed by atoms with E-state index in [-0.39, 0.29) is 17.3 Å². The highest BCUT2D eigenvalue weighted by molar-refractivity contribution is 6.08. The minimum Gasteiger partial charge on any atom is -0.383 e. The van der Waals surface area contributed by atoms with Gasteiger partial charge in [0.05, 0.1) is 16.5 Å². The van der Waals surface area contributed by atoms with E-state index in [1.165, 1.54) is 6.33 Å². The van der Waals surface area contributed by atoms with Crippen molar-refractivity contribution < 1.29 is 4.52 Å². The second-order valence-electron chi connectivity index (χ2n) is 7.27. The third-order valence-corrected chi connectivity index (χ3v) is 5.26. The first-order valence-corrected chi connectivity index (χ1v) is 8.59. The number of nitrogens with zero attached hydrogens (tertiary/aromatic N) is 6. The predicted octanol–water partition coefficient (Wildman–Crippen LogP) is 2.48. The third kappa shape index (κ3) is 2.03. The molecular weight excluding hydrogens is 332 g/mol. The van der Waals surface area contributed by atoms with Gasteiger partial charge in [0.1, 0.15) is 23.5 Å². The van der Waals surface area contributed by atoms with E-state index >= 15 is 0 Å². The molecule has 0 unspecified atom stereocenters. The Labute approximate surface area is 148 Å². The van der Waals surface area contributed by atoms with E-state index < -0.39 is 0 Å². The average molecular weight is 350 g/mol. The topological polar surface area (TPSA) is 132 Å². The highest BCUT2D eigenvalue weighted by atomic mass is 16.5. The molecule has 3 N–H and O–H groups in total. The lowest BCUT2D eigenvalue weighted by molar-refractivity contribution is 0.385. The first kappa shape index (κ1) is 15.2. The Morgan fingerprint density at radius 1 is 1.38 bits per heavy atom. The van der Waals surface area contributed by atoms with Crippen LogP contribution in [0.3, 0.4) is 0 Å². The first-order chi connectivity index (χ1) is 12.5. The van der Waals surface area contributed by atoms with E-state index in [2.05, 4.69) is 33.8 Å². The SMILES string of the molecule is C=NC(=N)c1c(-c2nn(C3(C)CC3)c3ncnc(N)c23)noc1C1CC1. The number of aromatic nitrogens is 5. The summed E-state index contributed by atoms with van der Waals surface area (Å²) < 4.78 is 7.49. The Hall–Kier alpha value is -3.10. The summed E-state index contributed by atoms with van der Waals surface area (Å²) in [6.45, 7) is 5.62. The third-order valence-electron chi connectivity index (χ3n) is 5.26. The van der Waals surface area contributed by atoms with Gasteiger partial charge in [-0.25, -0.2) is 19.6 Å². The lowest BCUT2D eigenvalue weighted by atomic mass is 10.1. The minimum atomic E-state index is -0.0787. The molecule has 0 spiro atoms. The lowest BCUT2D eigenvalue weighted by Gasteiger charge is -2.09. The van der Waals surface area contributed by atoms with Crippen molar-refractivity contribution >= 4 is 29.4 Å². The van der Waals surface area contributed by atoms with Crippen molar-refractivity contribution in [2.24, 2.45) is 4.99 Å². The first-order valence-electron chi connectivity index (χ1n) is 8.59. The van der Waals surface area contributed by atoms with Gasteiger partial charge in [-0.05, 0) is 39.3 Å². The fourth-order valence-electron chi connectivity index (χ4n) is 3.31. The van der Waals surface area contributed by atoms with Gasteiger partial charge in [0.2, 0.25) is 0 Å². The molecule has 3 aromatic heterocycles. The molecular formula is C17H18N8O. The van der Waals surface area contributed by atoms with Crippen LogP contribution in [0.5, 0.6) is 0 Å². The quantitative estimate of drug-likeness (QED) is 0.549. The Kier molecular flexibility index (Phi) is 2.90. The molecule has 0 radical (unpaired) electrons. The molecule has 0 bridgehead atoms. The van der Waals surface area contributed by atoms with Crippen LogP contribution in [-0.2, 0) is 5.54 Å². The normalized spacial score (nSPS) is 18.2. The van der Waals surface area contributed by atoms with Gasteiger partial charge < -0.3 is 10.3 Å². The standard InChI is InChI=1S/C17H18N8O/c1-17(5-6-17)25-16-10(15(19)21-7-22-16)11(23-25)12-9(14(18)20-2)13(26-24-12)8-3-4-8/h7-8,18H,2-6H2,1H3,(H2,19,21,22). The van der Waals surface area contributed by atoms with Crippen molar-refractivity contribution in [1.82, 2.24) is 24.9 Å². The Balaban J connectivity index is 1.81. The Bertz CT molecular complexity index is 1070. The Morgan fingerprint density at radius 3 is 2.81 bits per heavy atom. The summed E-state index contributed by atoms with van der Waals surface area (Å²) in [5.41, 5.74) is 8.28. The molecule has 0 atom stereocenters. The molecule has 2 saturated carbocycles. The van der Waals surface area contributed by atoms with Crippen LogP contribution in [0.4, 0.5) is 5.82 Å². The van der Waals surface area contributed by atoms with E-state index in [1.54, 1.807) is 0 Å². The summed E-state index contributed by atoms with van der Waals surface area (Å²) in [7, 11) is 0. The number of nitrogens with two attached hydrogens (primary N) is 1. The average Bonchev–Trinajstić information content (AvgIpc) is 3.53. The molecule has 0 aliphatic heterocycles. The zero-order valence-corrected chi connectivity index (χ0v) is 14.4. The smallest absolute Gasteiger partial charge is 0.164 e. The summed E-state index contributed by atoms with van der Waals surface area (Å²) in [6, 6.07) is 0. The molecule has 3 heterocycles. The maximum atomic E-state index is 8.22. The molecule has 9 heteroatoms. The molecule has 9 nitrogen and oxygen atoms in total. The number of fused-ring (bicyclic) bond motifs is 1. The van der Waals surface area contributed by atoms with Crippen LogP contribution in [0.15, 0.2) is 15.8 Å². The van der Waals surface area contributed by atoms with Crippen LogP contribution in [0.1, 0.15) is 49.8 Å². The molecule has 132 valence electrons. The number of rotatable bonds is 4. The molecule has 26 heavy (non-hydrogen) atoms. The second-order valence-corrected chi connectivity index (χ2v) is 7.27. The van der Waals surface area contributed by atoms with E-state index in [9.17, 15) is 0 Å². The van der Waals surface area contributed by atoms with Crippen LogP contribution in [0.25, 0.3) is 22.4 Å². The van der Waals surface area contributed by atoms with E-state index in [1.807, 2.05) is 4.68 Å². The van der Waals surface area contributed by atoms with Gasteiger partial charge in [-0.1, -0.05) is 5.16 Å². The van der Waals surface area contributed by atoms with Crippen LogP contribution in [0, 0.1) is 5.41 Å². The fourth-order valence-corrected chi connectivity index (χ4v) is 3.31. The molecule has 0 saturated heterocycles. The van der Waals surface area contributed by atoms with Crippen LogP contribution in [-0.4, -0.2) is 37.5 Å². The van der Waals surface area contributed by atoms with Crippen molar-refractivity contribution in [1.29, 1.82) is 5.41 Å². The van der Waals surface area contributed by atoms with Gasteiger partial charge in [0.15, 0.2) is 17.2 Å². The Morgan fingerprint density at radius 2 is 2.15 bits per heavy atom. The second kappa shape index (κ2) is 4.96. The highest BCUT2D eigenvalue weighted by Gasteiger charge is 2.43. The number of anilines is 1. The summed E-state index contributed by atoms with van der Waals surface area (Å²) >= 11 is 0. The van der Waals surface area contributed by atoms with E-state index in [0.717, 1.165) is 25.7 Å². The summed E-state index contributed by atoms with van der Waals surface area (Å²) in [5.74, 6) is 1.31. The van der Waals surface area contributed by atoms with Crippen molar-refractivity contribution in [2.75, 3.05) is 5.73 Å². The van der Waals surface area contributed by atoms with Crippen molar-refractivity contribution in [2.45, 2.75) is 44.1 Å². The monoisotopic (exact) mass is 350 g/mol. The molecule has 0 amide bonds. The number of nitrogen functional groups attached to an aromatic ring is 1. The predicted molar refractivity (Wildman–Crippen MR) is 96.5 cm³/mol. The van der Waals surface area contributed by atoms with Crippen LogP contribution >= 0.6 is 0 Å². The van der Waals surface area contributed by atoms with Crippen molar-refractivity contribution in [3.63, 3.8) is 0 Å². The molecule has 2 aliphatic carbocycles. The molecule has 2 fully saturated rings. The minimum absolute atomic E-state index is 0.0268. The van der Waals surface area contributed by atoms with Crippen molar-refractivity contribution in [3.05, 3.63) is 17.7 Å². The molecule has 3 aromatic rings. The van der Waals surface area contributed by atoms with Gasteiger partial charge in [0, 0.05) is 5.92 Å². The van der Waals surface area contributed by atoms with Crippen LogP contribution in [0.2, 0.25) is 0 Å².